The van der Waals surface area contributed by atoms with Gasteiger partial charge in [-0.3, -0.25) is 4.79 Å². The van der Waals surface area contributed by atoms with Crippen molar-refractivity contribution in [3.63, 3.8) is 0 Å². The van der Waals surface area contributed by atoms with Gasteiger partial charge in [0.15, 0.2) is 17.3 Å². The maximum Gasteiger partial charge on any atom is 0.227 e. The zero-order valence-electron chi connectivity index (χ0n) is 13.8. The average molecular weight is 368 g/mol. The highest BCUT2D eigenvalue weighted by atomic mass is 35.5. The van der Waals surface area contributed by atoms with Crippen molar-refractivity contribution in [1.82, 2.24) is 34.7 Å². The van der Waals surface area contributed by atoms with Gasteiger partial charge in [-0.2, -0.15) is 10.2 Å². The predicted octanol–water partition coefficient (Wildman–Crippen LogP) is 1.92. The first-order valence-corrected chi connectivity index (χ1v) is 8.24. The van der Waals surface area contributed by atoms with Crippen molar-refractivity contribution in [1.29, 1.82) is 0 Å². The molecule has 0 spiro atoms. The van der Waals surface area contributed by atoms with Gasteiger partial charge in [0.2, 0.25) is 5.91 Å². The van der Waals surface area contributed by atoms with Gasteiger partial charge in [0.05, 0.1) is 17.1 Å². The van der Waals surface area contributed by atoms with Gasteiger partial charge in [0.25, 0.3) is 0 Å². The number of hydrogen-bond acceptors (Lipinski definition) is 5. The lowest BCUT2D eigenvalue weighted by Gasteiger charge is -2.07. The summed E-state index contributed by atoms with van der Waals surface area (Å²) >= 11 is 6.34. The second-order valence-corrected chi connectivity index (χ2v) is 5.95. The number of nitrogens with zero attached hydrogens (tertiary/aromatic N) is 6. The van der Waals surface area contributed by atoms with Gasteiger partial charge in [-0.15, -0.1) is 0 Å². The Hall–Kier alpha value is -3.26. The molecule has 9 heteroatoms. The monoisotopic (exact) mass is 367 g/mol. The number of halogens is 1. The van der Waals surface area contributed by atoms with Crippen LogP contribution in [-0.4, -0.2) is 42.3 Å². The van der Waals surface area contributed by atoms with Crippen molar-refractivity contribution in [3.8, 4) is 17.1 Å². The lowest BCUT2D eigenvalue weighted by Crippen LogP contribution is -2.20. The van der Waals surface area contributed by atoms with Gasteiger partial charge in [-0.05, 0) is 24.3 Å². The fourth-order valence-corrected chi connectivity index (χ4v) is 2.80. The van der Waals surface area contributed by atoms with Crippen molar-refractivity contribution < 1.29 is 4.79 Å². The number of pyridine rings is 1. The largest absolute Gasteiger partial charge is 0.359 e. The molecule has 4 aromatic rings. The van der Waals surface area contributed by atoms with Crippen LogP contribution in [0.3, 0.4) is 0 Å². The zero-order valence-corrected chi connectivity index (χ0v) is 14.6. The molecule has 0 saturated heterocycles. The van der Waals surface area contributed by atoms with Crippen molar-refractivity contribution >= 4 is 23.2 Å². The summed E-state index contributed by atoms with van der Waals surface area (Å²) in [5.41, 5.74) is 2.18. The first kappa shape index (κ1) is 16.2. The molecule has 0 bridgehead atoms. The first-order chi connectivity index (χ1) is 12.7. The summed E-state index contributed by atoms with van der Waals surface area (Å²) in [6.45, 7) is 0. The quantitative estimate of drug-likeness (QED) is 0.595. The Morgan fingerprint density at radius 3 is 2.88 bits per heavy atom. The lowest BCUT2D eigenvalue weighted by molar-refractivity contribution is -0.120. The maximum atomic E-state index is 11.7. The summed E-state index contributed by atoms with van der Waals surface area (Å²) in [7, 11) is 1.58. The molecule has 0 aliphatic carbocycles. The number of benzene rings is 1. The van der Waals surface area contributed by atoms with E-state index in [0.717, 1.165) is 11.2 Å². The Kier molecular flexibility index (Phi) is 4.10. The Balaban J connectivity index is 1.88. The summed E-state index contributed by atoms with van der Waals surface area (Å²) < 4.78 is 3.29. The molecular formula is C17H14ClN7O. The molecular weight excluding hydrogens is 354 g/mol. The number of likely N-dealkylation sites (N-methyl/N-ethyl adjacent to an activating group) is 1. The summed E-state index contributed by atoms with van der Waals surface area (Å²) in [6, 6.07) is 11.1. The second kappa shape index (κ2) is 6.57. The molecule has 1 amide bonds. The fourth-order valence-electron chi connectivity index (χ4n) is 2.59. The maximum absolute atomic E-state index is 11.7. The zero-order chi connectivity index (χ0) is 18.1. The van der Waals surface area contributed by atoms with Crippen LogP contribution in [0, 0.1) is 0 Å². The molecule has 130 valence electrons. The van der Waals surface area contributed by atoms with Crippen LogP contribution in [0.25, 0.3) is 22.7 Å². The highest BCUT2D eigenvalue weighted by Gasteiger charge is 2.17. The molecule has 3 aromatic heterocycles. The van der Waals surface area contributed by atoms with Crippen LogP contribution >= 0.6 is 11.6 Å². The van der Waals surface area contributed by atoms with E-state index >= 15 is 0 Å². The van der Waals surface area contributed by atoms with Crippen LogP contribution in [-0.2, 0) is 11.2 Å². The number of nitrogens with one attached hydrogen (secondary N) is 1. The van der Waals surface area contributed by atoms with E-state index in [0.29, 0.717) is 22.4 Å². The minimum Gasteiger partial charge on any atom is -0.359 e. The molecule has 4 rings (SSSR count). The van der Waals surface area contributed by atoms with E-state index in [2.05, 4.69) is 25.5 Å². The van der Waals surface area contributed by atoms with Crippen LogP contribution in [0.5, 0.6) is 0 Å². The van der Waals surface area contributed by atoms with Gasteiger partial charge in [0.1, 0.15) is 6.33 Å². The lowest BCUT2D eigenvalue weighted by atomic mass is 10.2. The number of amides is 1. The Morgan fingerprint density at radius 1 is 1.23 bits per heavy atom. The van der Waals surface area contributed by atoms with Crippen molar-refractivity contribution in [3.05, 3.63) is 59.8 Å². The third kappa shape index (κ3) is 2.91. The van der Waals surface area contributed by atoms with E-state index in [4.69, 9.17) is 11.6 Å². The predicted molar refractivity (Wildman–Crippen MR) is 96.1 cm³/mol. The van der Waals surface area contributed by atoms with E-state index in [1.54, 1.807) is 22.3 Å². The molecule has 1 N–H and O–H groups in total. The molecule has 0 unspecified atom stereocenters. The molecule has 26 heavy (non-hydrogen) atoms. The Labute approximate surface area is 153 Å². The summed E-state index contributed by atoms with van der Waals surface area (Å²) in [6.07, 6.45) is 3.37. The number of carbonyl (C=O) groups excluding carboxylic acids is 1. The third-order valence-corrected chi connectivity index (χ3v) is 4.18. The van der Waals surface area contributed by atoms with Crippen LogP contribution in [0.1, 0.15) is 5.82 Å². The van der Waals surface area contributed by atoms with Gasteiger partial charge in [-0.1, -0.05) is 23.7 Å². The number of para-hydroxylation sites is 1. The molecule has 0 aliphatic rings. The van der Waals surface area contributed by atoms with Crippen LogP contribution < -0.4 is 5.32 Å². The highest BCUT2D eigenvalue weighted by molar-refractivity contribution is 6.32. The average Bonchev–Trinajstić information content (AvgIpc) is 3.28. The van der Waals surface area contributed by atoms with Crippen molar-refractivity contribution in [2.24, 2.45) is 0 Å². The Morgan fingerprint density at radius 2 is 2.08 bits per heavy atom. The minimum atomic E-state index is -0.167. The van der Waals surface area contributed by atoms with Crippen LogP contribution in [0.4, 0.5) is 0 Å². The molecule has 0 fully saturated rings. The normalized spacial score (nSPS) is 11.0. The number of aromatic nitrogens is 6. The molecule has 0 radical (unpaired) electrons. The molecule has 3 heterocycles. The number of carbonyl (C=O) groups is 1. The molecule has 1 aromatic carbocycles. The fraction of sp³-hybridized carbons (Fsp3) is 0.118. The van der Waals surface area contributed by atoms with Crippen molar-refractivity contribution in [2.75, 3.05) is 7.05 Å². The summed E-state index contributed by atoms with van der Waals surface area (Å²) in [4.78, 5) is 20.4. The van der Waals surface area contributed by atoms with Gasteiger partial charge < -0.3 is 5.32 Å². The SMILES string of the molecule is CNC(=O)Cc1nc(-c2ccc3ncnn3c2)n(-c2ccccc2Cl)n1. The van der Waals surface area contributed by atoms with E-state index in [-0.39, 0.29) is 12.3 Å². The summed E-state index contributed by atoms with van der Waals surface area (Å²) in [5.74, 6) is 0.798. The van der Waals surface area contributed by atoms with Gasteiger partial charge in [-0.25, -0.2) is 19.2 Å². The van der Waals surface area contributed by atoms with Gasteiger partial charge >= 0.3 is 0 Å². The number of rotatable bonds is 4. The molecule has 0 aliphatic heterocycles. The van der Waals surface area contributed by atoms with E-state index < -0.39 is 0 Å². The van der Waals surface area contributed by atoms with Gasteiger partial charge in [0, 0.05) is 18.8 Å². The van der Waals surface area contributed by atoms with E-state index in [1.165, 1.54) is 6.33 Å². The number of fused-ring (bicyclic) bond motifs is 1. The topological polar surface area (TPSA) is 90.0 Å². The smallest absolute Gasteiger partial charge is 0.227 e. The molecule has 0 atom stereocenters. The van der Waals surface area contributed by atoms with Crippen LogP contribution in [0.15, 0.2) is 48.9 Å². The molecule has 0 saturated carbocycles. The summed E-state index contributed by atoms with van der Waals surface area (Å²) in [5, 5.41) is 11.8. The first-order valence-electron chi connectivity index (χ1n) is 7.87. The van der Waals surface area contributed by atoms with Crippen molar-refractivity contribution in [2.45, 2.75) is 6.42 Å². The second-order valence-electron chi connectivity index (χ2n) is 5.55. The Bertz CT molecular complexity index is 1100. The number of hydrogen-bond donors (Lipinski definition) is 1. The standard InChI is InChI=1S/C17H14ClN7O/c1-19-16(26)8-14-22-17(11-6-7-15-20-10-21-24(15)9-11)25(23-14)13-5-3-2-4-12(13)18/h2-7,9-10H,8H2,1H3,(H,19,26). The highest BCUT2D eigenvalue weighted by Crippen LogP contribution is 2.26. The van der Waals surface area contributed by atoms with E-state index in [1.807, 2.05) is 36.5 Å². The minimum absolute atomic E-state index is 0.0759. The van der Waals surface area contributed by atoms with Crippen LogP contribution in [0.2, 0.25) is 5.02 Å². The van der Waals surface area contributed by atoms with E-state index in [9.17, 15) is 4.79 Å². The third-order valence-electron chi connectivity index (χ3n) is 3.86. The molecule has 8 nitrogen and oxygen atoms in total.